The lowest BCUT2D eigenvalue weighted by Crippen LogP contribution is -2.32. The van der Waals surface area contributed by atoms with E-state index in [0.29, 0.717) is 6.42 Å². The molecule has 3 aromatic rings. The van der Waals surface area contributed by atoms with E-state index < -0.39 is 0 Å². The Labute approximate surface area is 152 Å². The number of thiazole rings is 1. The Hall–Kier alpha value is -2.51. The summed E-state index contributed by atoms with van der Waals surface area (Å²) < 4.78 is 0. The van der Waals surface area contributed by atoms with E-state index in [1.807, 2.05) is 41.1 Å². The molecular formula is C18H15N3O2S2. The van der Waals surface area contributed by atoms with E-state index in [2.05, 4.69) is 15.6 Å². The van der Waals surface area contributed by atoms with E-state index in [0.717, 1.165) is 27.5 Å². The Kier molecular flexibility index (Phi) is 4.33. The molecule has 7 heteroatoms. The fourth-order valence-electron chi connectivity index (χ4n) is 2.93. The minimum absolute atomic E-state index is 0.0982. The van der Waals surface area contributed by atoms with Crippen LogP contribution in [-0.4, -0.2) is 16.8 Å². The molecule has 5 nitrogen and oxygen atoms in total. The molecule has 1 aliphatic heterocycles. The number of rotatable bonds is 4. The Balaban J connectivity index is 1.45. The number of benzene rings is 1. The van der Waals surface area contributed by atoms with Crippen LogP contribution in [0.2, 0.25) is 0 Å². The maximum Gasteiger partial charge on any atom is 0.228 e. The summed E-state index contributed by atoms with van der Waals surface area (Å²) in [4.78, 5) is 29.9. The summed E-state index contributed by atoms with van der Waals surface area (Å²) in [7, 11) is 0. The highest BCUT2D eigenvalue weighted by Crippen LogP contribution is 2.34. The highest BCUT2D eigenvalue weighted by molar-refractivity contribution is 7.14. The van der Waals surface area contributed by atoms with Gasteiger partial charge in [0.2, 0.25) is 11.8 Å². The average Bonchev–Trinajstić information content (AvgIpc) is 3.26. The number of carbonyl (C=O) groups excluding carboxylic acids is 2. The van der Waals surface area contributed by atoms with Crippen LogP contribution >= 0.6 is 22.7 Å². The summed E-state index contributed by atoms with van der Waals surface area (Å²) >= 11 is 3.05. The number of hydrogen-bond donors (Lipinski definition) is 2. The summed E-state index contributed by atoms with van der Waals surface area (Å²) in [5, 5.41) is 9.69. The van der Waals surface area contributed by atoms with Gasteiger partial charge in [-0.05, 0) is 29.5 Å². The molecule has 1 aromatic carbocycles. The van der Waals surface area contributed by atoms with Gasteiger partial charge in [-0.3, -0.25) is 9.59 Å². The highest BCUT2D eigenvalue weighted by Gasteiger charge is 2.28. The van der Waals surface area contributed by atoms with Crippen molar-refractivity contribution >= 4 is 45.9 Å². The van der Waals surface area contributed by atoms with Crippen LogP contribution < -0.4 is 10.6 Å². The predicted octanol–water partition coefficient (Wildman–Crippen LogP) is 4.01. The van der Waals surface area contributed by atoms with Gasteiger partial charge in [0.25, 0.3) is 0 Å². The van der Waals surface area contributed by atoms with Crippen molar-refractivity contribution in [1.82, 2.24) is 4.98 Å². The molecule has 3 heterocycles. The molecule has 2 N–H and O–H groups in total. The third kappa shape index (κ3) is 3.33. The summed E-state index contributed by atoms with van der Waals surface area (Å²) in [6.45, 7) is 0. The zero-order valence-electron chi connectivity index (χ0n) is 13.2. The lowest BCUT2D eigenvalue weighted by Gasteiger charge is -2.24. The second-order valence-corrected chi connectivity index (χ2v) is 7.47. The second kappa shape index (κ2) is 6.78. The normalized spacial score (nSPS) is 16.2. The lowest BCUT2D eigenvalue weighted by atomic mass is 9.90. The third-order valence-electron chi connectivity index (χ3n) is 4.15. The Morgan fingerprint density at radius 2 is 2.20 bits per heavy atom. The number of fused-ring (bicyclic) bond motifs is 1. The van der Waals surface area contributed by atoms with Crippen molar-refractivity contribution in [3.05, 3.63) is 52.2 Å². The van der Waals surface area contributed by atoms with E-state index in [4.69, 9.17) is 0 Å². The van der Waals surface area contributed by atoms with Crippen molar-refractivity contribution in [3.63, 3.8) is 0 Å². The zero-order chi connectivity index (χ0) is 17.2. The molecule has 1 atom stereocenters. The Bertz CT molecular complexity index is 918. The molecule has 0 saturated carbocycles. The molecule has 2 amide bonds. The molecule has 1 unspecified atom stereocenters. The molecule has 2 aromatic heterocycles. The minimum Gasteiger partial charge on any atom is -0.326 e. The van der Waals surface area contributed by atoms with Gasteiger partial charge in [0.15, 0.2) is 0 Å². The number of amides is 2. The van der Waals surface area contributed by atoms with E-state index in [9.17, 15) is 9.59 Å². The van der Waals surface area contributed by atoms with Crippen LogP contribution in [0.5, 0.6) is 0 Å². The minimum atomic E-state index is -0.351. The number of aromatic nitrogens is 1. The molecule has 0 radical (unpaired) electrons. The molecule has 0 saturated heterocycles. The smallest absolute Gasteiger partial charge is 0.228 e. The summed E-state index contributed by atoms with van der Waals surface area (Å²) in [6, 6.07) is 9.57. The van der Waals surface area contributed by atoms with Crippen LogP contribution in [0.3, 0.4) is 0 Å². The van der Waals surface area contributed by atoms with Crippen LogP contribution in [0.15, 0.2) is 46.6 Å². The van der Waals surface area contributed by atoms with E-state index in [1.54, 1.807) is 5.51 Å². The van der Waals surface area contributed by atoms with Crippen LogP contribution in [0, 0.1) is 5.92 Å². The highest BCUT2D eigenvalue weighted by atomic mass is 32.1. The number of para-hydroxylation sites is 1. The van der Waals surface area contributed by atoms with Gasteiger partial charge in [0, 0.05) is 17.5 Å². The second-order valence-electron chi connectivity index (χ2n) is 5.84. The average molecular weight is 369 g/mol. The van der Waals surface area contributed by atoms with E-state index >= 15 is 0 Å². The lowest BCUT2D eigenvalue weighted by molar-refractivity contribution is -0.125. The quantitative estimate of drug-likeness (QED) is 0.730. The Morgan fingerprint density at radius 3 is 3.04 bits per heavy atom. The van der Waals surface area contributed by atoms with Crippen molar-refractivity contribution in [3.8, 4) is 10.6 Å². The van der Waals surface area contributed by atoms with Gasteiger partial charge in [0.05, 0.1) is 27.7 Å². The maximum absolute atomic E-state index is 12.5. The number of nitrogens with zero attached hydrogens (tertiary/aromatic N) is 1. The SMILES string of the molecule is O=C(CC1Cc2ccccc2NC1=O)Nc1ccsc1-c1cscn1. The van der Waals surface area contributed by atoms with E-state index in [-0.39, 0.29) is 24.2 Å². The van der Waals surface area contributed by atoms with Crippen LogP contribution in [0.1, 0.15) is 12.0 Å². The largest absolute Gasteiger partial charge is 0.326 e. The molecule has 126 valence electrons. The van der Waals surface area contributed by atoms with Crippen molar-refractivity contribution in [2.24, 2.45) is 5.92 Å². The fourth-order valence-corrected chi connectivity index (χ4v) is 4.37. The van der Waals surface area contributed by atoms with Gasteiger partial charge in [-0.2, -0.15) is 0 Å². The first kappa shape index (κ1) is 16.0. The molecule has 4 rings (SSSR count). The van der Waals surface area contributed by atoms with Crippen molar-refractivity contribution in [1.29, 1.82) is 0 Å². The maximum atomic E-state index is 12.5. The van der Waals surface area contributed by atoms with Gasteiger partial charge < -0.3 is 10.6 Å². The van der Waals surface area contributed by atoms with Gasteiger partial charge in [-0.25, -0.2) is 4.98 Å². The summed E-state index contributed by atoms with van der Waals surface area (Å²) in [5.41, 5.74) is 5.29. The van der Waals surface area contributed by atoms with Gasteiger partial charge in [0.1, 0.15) is 0 Å². The molecule has 1 aliphatic rings. The molecular weight excluding hydrogens is 354 g/mol. The van der Waals surface area contributed by atoms with Gasteiger partial charge >= 0.3 is 0 Å². The first-order valence-corrected chi connectivity index (χ1v) is 9.67. The number of carbonyl (C=O) groups is 2. The van der Waals surface area contributed by atoms with Crippen molar-refractivity contribution in [2.45, 2.75) is 12.8 Å². The number of anilines is 2. The van der Waals surface area contributed by atoms with Crippen LogP contribution in [0.25, 0.3) is 10.6 Å². The summed E-state index contributed by atoms with van der Waals surface area (Å²) in [6.07, 6.45) is 0.741. The predicted molar refractivity (Wildman–Crippen MR) is 101 cm³/mol. The van der Waals surface area contributed by atoms with Gasteiger partial charge in [-0.1, -0.05) is 18.2 Å². The molecule has 0 bridgehead atoms. The zero-order valence-corrected chi connectivity index (χ0v) is 14.8. The first-order valence-electron chi connectivity index (χ1n) is 7.85. The number of thiophene rings is 1. The monoisotopic (exact) mass is 369 g/mol. The van der Waals surface area contributed by atoms with Crippen molar-refractivity contribution < 1.29 is 9.59 Å². The number of hydrogen-bond acceptors (Lipinski definition) is 5. The van der Waals surface area contributed by atoms with Crippen molar-refractivity contribution in [2.75, 3.05) is 10.6 Å². The van der Waals surface area contributed by atoms with Crippen LogP contribution in [0.4, 0.5) is 11.4 Å². The molecule has 25 heavy (non-hydrogen) atoms. The topological polar surface area (TPSA) is 71.1 Å². The molecule has 0 fully saturated rings. The van der Waals surface area contributed by atoms with Gasteiger partial charge in [-0.15, -0.1) is 22.7 Å². The fraction of sp³-hybridized carbons (Fsp3) is 0.167. The third-order valence-corrected chi connectivity index (χ3v) is 5.67. The molecule has 0 spiro atoms. The summed E-state index contributed by atoms with van der Waals surface area (Å²) in [5.74, 6) is -0.607. The van der Waals surface area contributed by atoms with Crippen LogP contribution in [-0.2, 0) is 16.0 Å². The number of nitrogens with one attached hydrogen (secondary N) is 2. The molecule has 0 aliphatic carbocycles. The standard InChI is InChI=1S/C18H15N3O2S2/c22-16(20-14-5-6-25-17(14)15-9-24-10-19-15)8-12-7-11-3-1-2-4-13(11)21-18(12)23/h1-6,9-10,12H,7-8H2,(H,20,22)(H,21,23). The Morgan fingerprint density at radius 1 is 1.32 bits per heavy atom. The van der Waals surface area contributed by atoms with E-state index in [1.165, 1.54) is 22.7 Å². The first-order chi connectivity index (χ1) is 12.2.